The predicted molar refractivity (Wildman–Crippen MR) is 120 cm³/mol. The summed E-state index contributed by atoms with van der Waals surface area (Å²) in [5, 5.41) is 6.64. The van der Waals surface area contributed by atoms with Gasteiger partial charge in [0.25, 0.3) is 0 Å². The summed E-state index contributed by atoms with van der Waals surface area (Å²) in [5.74, 6) is 1.71. The molecule has 2 N–H and O–H groups in total. The summed E-state index contributed by atoms with van der Waals surface area (Å²) in [7, 11) is 0. The number of aliphatic imine (C=N–C) groups is 1. The average Bonchev–Trinajstić information content (AvgIpc) is 3.12. The minimum Gasteiger partial charge on any atom is -0.491 e. The molecular formula is C20H34IN3O3. The van der Waals surface area contributed by atoms with Gasteiger partial charge in [-0.05, 0) is 51.3 Å². The zero-order chi connectivity index (χ0) is 18.6. The molecule has 2 rings (SSSR count). The quantitative estimate of drug-likeness (QED) is 0.228. The first-order valence-electron chi connectivity index (χ1n) is 9.64. The minimum atomic E-state index is 0. The molecule has 27 heavy (non-hydrogen) atoms. The van der Waals surface area contributed by atoms with E-state index in [1.54, 1.807) is 0 Å². The maximum Gasteiger partial charge on any atom is 0.191 e. The van der Waals surface area contributed by atoms with E-state index in [-0.39, 0.29) is 36.2 Å². The van der Waals surface area contributed by atoms with Crippen molar-refractivity contribution in [2.24, 2.45) is 4.99 Å². The molecular weight excluding hydrogens is 457 g/mol. The third-order valence-electron chi connectivity index (χ3n) is 3.89. The van der Waals surface area contributed by atoms with Crippen LogP contribution >= 0.6 is 24.0 Å². The lowest BCUT2D eigenvalue weighted by Crippen LogP contribution is -2.38. The summed E-state index contributed by atoms with van der Waals surface area (Å²) < 4.78 is 16.8. The van der Waals surface area contributed by atoms with E-state index in [1.165, 1.54) is 0 Å². The highest BCUT2D eigenvalue weighted by Crippen LogP contribution is 2.15. The number of nitrogens with zero attached hydrogens (tertiary/aromatic N) is 1. The van der Waals surface area contributed by atoms with Crippen molar-refractivity contribution in [1.29, 1.82) is 0 Å². The highest BCUT2D eigenvalue weighted by atomic mass is 127. The summed E-state index contributed by atoms with van der Waals surface area (Å²) in [6.07, 6.45) is 2.40. The van der Waals surface area contributed by atoms with Crippen LogP contribution < -0.4 is 15.4 Å². The normalized spacial score (nSPS) is 16.9. The van der Waals surface area contributed by atoms with E-state index in [4.69, 9.17) is 14.2 Å². The monoisotopic (exact) mass is 491 g/mol. The van der Waals surface area contributed by atoms with E-state index < -0.39 is 0 Å². The van der Waals surface area contributed by atoms with Gasteiger partial charge in [-0.15, -0.1) is 24.0 Å². The summed E-state index contributed by atoms with van der Waals surface area (Å²) in [6.45, 7) is 10.7. The summed E-state index contributed by atoms with van der Waals surface area (Å²) in [6, 6.07) is 8.10. The van der Waals surface area contributed by atoms with Gasteiger partial charge >= 0.3 is 0 Å². The standard InChI is InChI=1S/C20H33N3O3.HI/c1-4-21-20(22-10-6-11-25-19-9-12-24-15-19)23-14-17-7-5-8-18(13-17)26-16(2)3;/h5,7-8,13,16,19H,4,6,9-12,14-15H2,1-3H3,(H2,21,22,23);1H. The molecule has 1 unspecified atom stereocenters. The van der Waals surface area contributed by atoms with E-state index in [9.17, 15) is 0 Å². The van der Waals surface area contributed by atoms with Crippen LogP contribution in [0.1, 0.15) is 39.2 Å². The first-order valence-corrected chi connectivity index (χ1v) is 9.64. The van der Waals surface area contributed by atoms with Crippen molar-refractivity contribution in [3.05, 3.63) is 29.8 Å². The Morgan fingerprint density at radius 3 is 2.89 bits per heavy atom. The molecule has 0 aliphatic carbocycles. The van der Waals surface area contributed by atoms with E-state index in [1.807, 2.05) is 32.0 Å². The van der Waals surface area contributed by atoms with Crippen LogP contribution in [0.5, 0.6) is 5.75 Å². The first kappa shape index (κ1) is 24.0. The Morgan fingerprint density at radius 2 is 2.19 bits per heavy atom. The Balaban J connectivity index is 0.00000364. The summed E-state index contributed by atoms with van der Waals surface area (Å²) in [5.41, 5.74) is 1.13. The van der Waals surface area contributed by atoms with Crippen molar-refractivity contribution >= 4 is 29.9 Å². The second kappa shape index (κ2) is 14.0. The number of hydrogen-bond donors (Lipinski definition) is 2. The molecule has 6 nitrogen and oxygen atoms in total. The van der Waals surface area contributed by atoms with Crippen molar-refractivity contribution in [2.75, 3.05) is 32.9 Å². The lowest BCUT2D eigenvalue weighted by Gasteiger charge is -2.13. The molecule has 0 radical (unpaired) electrons. The molecule has 1 fully saturated rings. The molecule has 7 heteroatoms. The van der Waals surface area contributed by atoms with Gasteiger partial charge in [-0.1, -0.05) is 12.1 Å². The van der Waals surface area contributed by atoms with Crippen molar-refractivity contribution in [3.63, 3.8) is 0 Å². The topological polar surface area (TPSA) is 64.1 Å². The van der Waals surface area contributed by atoms with Crippen molar-refractivity contribution in [2.45, 2.75) is 52.4 Å². The molecule has 0 spiro atoms. The van der Waals surface area contributed by atoms with Gasteiger partial charge in [-0.2, -0.15) is 0 Å². The van der Waals surface area contributed by atoms with Crippen molar-refractivity contribution in [3.8, 4) is 5.75 Å². The van der Waals surface area contributed by atoms with Crippen LogP contribution in [0.4, 0.5) is 0 Å². The Labute approximate surface area is 180 Å². The molecule has 0 saturated carbocycles. The van der Waals surface area contributed by atoms with Crippen LogP contribution in [-0.4, -0.2) is 51.1 Å². The van der Waals surface area contributed by atoms with Gasteiger partial charge in [0.05, 0.1) is 25.4 Å². The predicted octanol–water partition coefficient (Wildman–Crippen LogP) is 3.34. The highest BCUT2D eigenvalue weighted by Gasteiger charge is 2.15. The zero-order valence-corrected chi connectivity index (χ0v) is 19.0. The fourth-order valence-corrected chi connectivity index (χ4v) is 2.67. The minimum absolute atomic E-state index is 0. The smallest absolute Gasteiger partial charge is 0.191 e. The van der Waals surface area contributed by atoms with Crippen LogP contribution in [0.3, 0.4) is 0 Å². The molecule has 1 aliphatic rings. The largest absolute Gasteiger partial charge is 0.491 e. The molecule has 1 aliphatic heterocycles. The number of rotatable bonds is 10. The van der Waals surface area contributed by atoms with E-state index >= 15 is 0 Å². The summed E-state index contributed by atoms with van der Waals surface area (Å²) >= 11 is 0. The van der Waals surface area contributed by atoms with Crippen LogP contribution in [0.2, 0.25) is 0 Å². The molecule has 1 aromatic rings. The fourth-order valence-electron chi connectivity index (χ4n) is 2.67. The lowest BCUT2D eigenvalue weighted by molar-refractivity contribution is 0.0420. The lowest BCUT2D eigenvalue weighted by atomic mass is 10.2. The number of guanidine groups is 1. The molecule has 1 heterocycles. The molecule has 1 saturated heterocycles. The van der Waals surface area contributed by atoms with Gasteiger partial charge in [0, 0.05) is 26.3 Å². The number of hydrogen-bond acceptors (Lipinski definition) is 4. The Morgan fingerprint density at radius 1 is 1.33 bits per heavy atom. The third kappa shape index (κ3) is 10.2. The van der Waals surface area contributed by atoms with Gasteiger partial charge in [-0.25, -0.2) is 4.99 Å². The SMILES string of the molecule is CCNC(=NCc1cccc(OC(C)C)c1)NCCCOC1CCOC1.I. The van der Waals surface area contributed by atoms with Crippen molar-refractivity contribution < 1.29 is 14.2 Å². The Kier molecular flexibility index (Phi) is 12.4. The van der Waals surface area contributed by atoms with Gasteiger partial charge < -0.3 is 24.8 Å². The zero-order valence-electron chi connectivity index (χ0n) is 16.7. The second-order valence-corrected chi connectivity index (χ2v) is 6.65. The van der Waals surface area contributed by atoms with Crippen LogP contribution in [0.15, 0.2) is 29.3 Å². The fraction of sp³-hybridized carbons (Fsp3) is 0.650. The van der Waals surface area contributed by atoms with Crippen LogP contribution in [0.25, 0.3) is 0 Å². The molecule has 0 bridgehead atoms. The number of nitrogens with one attached hydrogen (secondary N) is 2. The van der Waals surface area contributed by atoms with E-state index in [0.29, 0.717) is 6.54 Å². The van der Waals surface area contributed by atoms with Crippen LogP contribution in [0, 0.1) is 0 Å². The van der Waals surface area contributed by atoms with Gasteiger partial charge in [0.1, 0.15) is 5.75 Å². The van der Waals surface area contributed by atoms with Gasteiger partial charge in [0.2, 0.25) is 0 Å². The van der Waals surface area contributed by atoms with E-state index in [0.717, 1.165) is 63.0 Å². The summed E-state index contributed by atoms with van der Waals surface area (Å²) in [4.78, 5) is 4.66. The number of ether oxygens (including phenoxy) is 3. The van der Waals surface area contributed by atoms with Crippen molar-refractivity contribution in [1.82, 2.24) is 10.6 Å². The highest BCUT2D eigenvalue weighted by molar-refractivity contribution is 14.0. The van der Waals surface area contributed by atoms with Gasteiger partial charge in [-0.3, -0.25) is 0 Å². The number of halogens is 1. The Bertz CT molecular complexity index is 549. The molecule has 1 aromatic carbocycles. The maximum atomic E-state index is 5.78. The second-order valence-electron chi connectivity index (χ2n) is 6.65. The third-order valence-corrected chi connectivity index (χ3v) is 3.89. The number of benzene rings is 1. The van der Waals surface area contributed by atoms with Crippen LogP contribution in [-0.2, 0) is 16.0 Å². The maximum absolute atomic E-state index is 5.78. The molecule has 0 aromatic heterocycles. The Hall–Kier alpha value is -1.06. The molecule has 1 atom stereocenters. The average molecular weight is 491 g/mol. The molecule has 154 valence electrons. The van der Waals surface area contributed by atoms with E-state index in [2.05, 4.69) is 28.6 Å². The van der Waals surface area contributed by atoms with Gasteiger partial charge in [0.15, 0.2) is 5.96 Å². The first-order chi connectivity index (χ1) is 12.7. The molecule has 0 amide bonds.